The molecule has 0 bridgehead atoms. The molecule has 0 aliphatic carbocycles. The molecule has 1 atom stereocenters. The maximum atomic E-state index is 12.7. The van der Waals surface area contributed by atoms with Crippen LogP contribution in [-0.2, 0) is 11.8 Å². The quantitative estimate of drug-likeness (QED) is 0.769. The van der Waals surface area contributed by atoms with Crippen LogP contribution in [0.1, 0.15) is 16.2 Å². The minimum atomic E-state index is -0.260. The summed E-state index contributed by atoms with van der Waals surface area (Å²) in [4.78, 5) is 28.4. The standard InChI is InChI=1S/C13H18ClN5O2/c1-8-10(14)11(17(2)16-8)13(21)19-6-5-18-4-3-15-12(20)9(18)7-19/h9H,3-7H2,1-2H3,(H,15,20). The lowest BCUT2D eigenvalue weighted by atomic mass is 10.1. The molecule has 0 radical (unpaired) electrons. The molecular weight excluding hydrogens is 294 g/mol. The Hall–Kier alpha value is -1.60. The van der Waals surface area contributed by atoms with E-state index in [1.807, 2.05) is 0 Å². The third kappa shape index (κ3) is 2.40. The molecule has 114 valence electrons. The molecule has 21 heavy (non-hydrogen) atoms. The van der Waals surface area contributed by atoms with Crippen molar-refractivity contribution < 1.29 is 9.59 Å². The highest BCUT2D eigenvalue weighted by Gasteiger charge is 2.37. The number of carbonyl (C=O) groups is 2. The summed E-state index contributed by atoms with van der Waals surface area (Å²) in [5, 5.41) is 7.40. The van der Waals surface area contributed by atoms with E-state index in [-0.39, 0.29) is 17.9 Å². The Morgan fingerprint density at radius 3 is 2.81 bits per heavy atom. The fraction of sp³-hybridized carbons (Fsp3) is 0.615. The molecule has 0 aromatic carbocycles. The van der Waals surface area contributed by atoms with Gasteiger partial charge in [-0.05, 0) is 6.92 Å². The predicted molar refractivity (Wildman–Crippen MR) is 77.2 cm³/mol. The molecule has 0 spiro atoms. The molecule has 8 heteroatoms. The van der Waals surface area contributed by atoms with Gasteiger partial charge in [0.2, 0.25) is 5.91 Å². The molecule has 3 rings (SSSR count). The lowest BCUT2D eigenvalue weighted by Gasteiger charge is -2.42. The largest absolute Gasteiger partial charge is 0.353 e. The van der Waals surface area contributed by atoms with E-state index in [9.17, 15) is 9.59 Å². The van der Waals surface area contributed by atoms with E-state index in [4.69, 9.17) is 11.6 Å². The summed E-state index contributed by atoms with van der Waals surface area (Å²) in [7, 11) is 1.70. The third-order valence-electron chi connectivity index (χ3n) is 4.13. The molecule has 2 aliphatic rings. The van der Waals surface area contributed by atoms with Crippen molar-refractivity contribution in [2.24, 2.45) is 7.05 Å². The summed E-state index contributed by atoms with van der Waals surface area (Å²) in [5.74, 6) is -0.174. The van der Waals surface area contributed by atoms with Gasteiger partial charge in [0.1, 0.15) is 11.7 Å². The highest BCUT2D eigenvalue weighted by atomic mass is 35.5. The van der Waals surface area contributed by atoms with E-state index in [1.54, 1.807) is 18.9 Å². The van der Waals surface area contributed by atoms with E-state index in [0.29, 0.717) is 42.6 Å². The molecule has 1 unspecified atom stereocenters. The average molecular weight is 312 g/mol. The second-order valence-corrected chi connectivity index (χ2v) is 5.84. The normalized spacial score (nSPS) is 22.9. The molecule has 2 aliphatic heterocycles. The summed E-state index contributed by atoms with van der Waals surface area (Å²) in [6.45, 7) is 4.98. The minimum Gasteiger partial charge on any atom is -0.353 e. The number of amides is 2. The van der Waals surface area contributed by atoms with E-state index >= 15 is 0 Å². The number of aryl methyl sites for hydroxylation is 2. The molecule has 2 fully saturated rings. The van der Waals surface area contributed by atoms with Crippen molar-refractivity contribution in [3.63, 3.8) is 0 Å². The zero-order valence-electron chi connectivity index (χ0n) is 12.1. The second kappa shape index (κ2) is 5.31. The van der Waals surface area contributed by atoms with E-state index in [1.165, 1.54) is 4.68 Å². The number of aromatic nitrogens is 2. The van der Waals surface area contributed by atoms with Crippen molar-refractivity contribution in [3.05, 3.63) is 16.4 Å². The Bertz CT molecular complexity index is 600. The molecule has 1 N–H and O–H groups in total. The number of hydrogen-bond acceptors (Lipinski definition) is 4. The molecule has 1 aromatic heterocycles. The van der Waals surface area contributed by atoms with Gasteiger partial charge in [0.25, 0.3) is 5.91 Å². The van der Waals surface area contributed by atoms with Crippen LogP contribution >= 0.6 is 11.6 Å². The minimum absolute atomic E-state index is 0.00830. The molecule has 0 saturated carbocycles. The van der Waals surface area contributed by atoms with Crippen molar-refractivity contribution in [1.29, 1.82) is 0 Å². The number of piperazine rings is 2. The first-order chi connectivity index (χ1) is 9.99. The van der Waals surface area contributed by atoms with Gasteiger partial charge >= 0.3 is 0 Å². The summed E-state index contributed by atoms with van der Waals surface area (Å²) < 4.78 is 1.51. The average Bonchev–Trinajstić information content (AvgIpc) is 2.71. The van der Waals surface area contributed by atoms with Gasteiger partial charge in [0.15, 0.2) is 0 Å². The van der Waals surface area contributed by atoms with E-state index < -0.39 is 0 Å². The molecule has 1 aromatic rings. The van der Waals surface area contributed by atoms with E-state index in [0.717, 1.165) is 6.54 Å². The monoisotopic (exact) mass is 311 g/mol. The summed E-state index contributed by atoms with van der Waals surface area (Å²) in [6.07, 6.45) is 0. The van der Waals surface area contributed by atoms with Crippen LogP contribution in [0, 0.1) is 6.92 Å². The van der Waals surface area contributed by atoms with Crippen LogP contribution < -0.4 is 5.32 Å². The van der Waals surface area contributed by atoms with E-state index in [2.05, 4.69) is 15.3 Å². The van der Waals surface area contributed by atoms with Crippen LogP contribution in [0.2, 0.25) is 5.02 Å². The number of nitrogens with zero attached hydrogens (tertiary/aromatic N) is 4. The predicted octanol–water partition coefficient (Wildman–Crippen LogP) is -0.362. The molecule has 2 saturated heterocycles. The summed E-state index contributed by atoms with van der Waals surface area (Å²) in [6, 6.07) is -0.260. The van der Waals surface area contributed by atoms with Crippen LogP contribution in [0.5, 0.6) is 0 Å². The Kier molecular flexibility index (Phi) is 3.62. The number of nitrogens with one attached hydrogen (secondary N) is 1. The van der Waals surface area contributed by atoms with Crippen molar-refractivity contribution in [2.45, 2.75) is 13.0 Å². The first kappa shape index (κ1) is 14.3. The molecule has 3 heterocycles. The van der Waals surface area contributed by atoms with Crippen molar-refractivity contribution in [3.8, 4) is 0 Å². The van der Waals surface area contributed by atoms with Crippen LogP contribution in [-0.4, -0.2) is 70.2 Å². The van der Waals surface area contributed by atoms with Crippen molar-refractivity contribution >= 4 is 23.4 Å². The highest BCUT2D eigenvalue weighted by molar-refractivity contribution is 6.34. The molecular formula is C13H18ClN5O2. The van der Waals surface area contributed by atoms with Gasteiger partial charge in [-0.2, -0.15) is 5.10 Å². The van der Waals surface area contributed by atoms with Crippen LogP contribution in [0.15, 0.2) is 0 Å². The van der Waals surface area contributed by atoms with Gasteiger partial charge < -0.3 is 10.2 Å². The topological polar surface area (TPSA) is 70.5 Å². The third-order valence-corrected chi connectivity index (χ3v) is 4.58. The van der Waals surface area contributed by atoms with Crippen molar-refractivity contribution in [2.75, 3.05) is 32.7 Å². The number of halogens is 1. The first-order valence-corrected chi connectivity index (χ1v) is 7.37. The van der Waals surface area contributed by atoms with Gasteiger partial charge in [-0.3, -0.25) is 19.2 Å². The van der Waals surface area contributed by atoms with Crippen LogP contribution in [0.3, 0.4) is 0 Å². The van der Waals surface area contributed by atoms with Crippen LogP contribution in [0.4, 0.5) is 0 Å². The van der Waals surface area contributed by atoms with Gasteiger partial charge in [-0.15, -0.1) is 0 Å². The Labute approximate surface area is 127 Å². The zero-order chi connectivity index (χ0) is 15.1. The maximum Gasteiger partial charge on any atom is 0.273 e. The Morgan fingerprint density at radius 2 is 2.14 bits per heavy atom. The highest BCUT2D eigenvalue weighted by Crippen LogP contribution is 2.22. The lowest BCUT2D eigenvalue weighted by Crippen LogP contribution is -2.64. The summed E-state index contributed by atoms with van der Waals surface area (Å²) in [5.41, 5.74) is 1.02. The fourth-order valence-corrected chi connectivity index (χ4v) is 3.22. The first-order valence-electron chi connectivity index (χ1n) is 6.99. The second-order valence-electron chi connectivity index (χ2n) is 5.47. The number of rotatable bonds is 1. The molecule has 7 nitrogen and oxygen atoms in total. The lowest BCUT2D eigenvalue weighted by molar-refractivity contribution is -0.131. The number of hydrogen-bond donors (Lipinski definition) is 1. The Morgan fingerprint density at radius 1 is 1.38 bits per heavy atom. The SMILES string of the molecule is Cc1nn(C)c(C(=O)N2CCN3CCNC(=O)C3C2)c1Cl. The van der Waals surface area contributed by atoms with Gasteiger partial charge in [0, 0.05) is 39.8 Å². The number of fused-ring (bicyclic) bond motifs is 1. The fourth-order valence-electron chi connectivity index (χ4n) is 2.98. The Balaban J connectivity index is 1.81. The van der Waals surface area contributed by atoms with Gasteiger partial charge in [-0.25, -0.2) is 0 Å². The number of carbonyl (C=O) groups excluding carboxylic acids is 2. The van der Waals surface area contributed by atoms with Gasteiger partial charge in [0.05, 0.1) is 10.7 Å². The van der Waals surface area contributed by atoms with Gasteiger partial charge in [-0.1, -0.05) is 11.6 Å². The smallest absolute Gasteiger partial charge is 0.273 e. The molecule has 2 amide bonds. The van der Waals surface area contributed by atoms with Crippen molar-refractivity contribution in [1.82, 2.24) is 24.9 Å². The zero-order valence-corrected chi connectivity index (χ0v) is 12.9. The van der Waals surface area contributed by atoms with Crippen LogP contribution in [0.25, 0.3) is 0 Å². The maximum absolute atomic E-state index is 12.7. The summed E-state index contributed by atoms with van der Waals surface area (Å²) >= 11 is 6.17.